The fraction of sp³-hybridized carbons (Fsp3) is 0.833. The summed E-state index contributed by atoms with van der Waals surface area (Å²) >= 11 is 5.31. The Labute approximate surface area is 125 Å². The van der Waals surface area contributed by atoms with Gasteiger partial charge in [-0.3, -0.25) is 9.59 Å². The van der Waals surface area contributed by atoms with E-state index >= 15 is 0 Å². The number of hydrogen-bond acceptors (Lipinski definition) is 5. The van der Waals surface area contributed by atoms with Crippen molar-refractivity contribution in [3.05, 3.63) is 0 Å². The number of rotatable bonds is 8. The van der Waals surface area contributed by atoms with Gasteiger partial charge in [0.05, 0.1) is 19.8 Å². The van der Waals surface area contributed by atoms with Gasteiger partial charge in [-0.25, -0.2) is 0 Å². The minimum Gasteiger partial charge on any atom is -0.394 e. The zero-order chi connectivity index (χ0) is 16.0. The summed E-state index contributed by atoms with van der Waals surface area (Å²) in [6.45, 7) is 0.786. The van der Waals surface area contributed by atoms with E-state index in [1.165, 1.54) is 9.80 Å². The average Bonchev–Trinajstić information content (AvgIpc) is 2.39. The molecule has 0 unspecified atom stereocenters. The third-order valence-corrected chi connectivity index (χ3v) is 2.06. The maximum Gasteiger partial charge on any atom is 0.248 e. The Morgan fingerprint density at radius 1 is 0.950 bits per heavy atom. The SMILES string of the molecule is CN(C)C(=O)COCCCl.CN(C)C(=O)COCCO. The van der Waals surface area contributed by atoms with Crippen molar-refractivity contribution in [3.8, 4) is 0 Å². The topological polar surface area (TPSA) is 79.3 Å². The minimum absolute atomic E-state index is 0.0369. The quantitative estimate of drug-likeness (QED) is 0.479. The van der Waals surface area contributed by atoms with Crippen LogP contribution in [-0.4, -0.2) is 93.8 Å². The Morgan fingerprint density at radius 3 is 1.65 bits per heavy atom. The first kappa shape index (κ1) is 21.4. The van der Waals surface area contributed by atoms with Crippen LogP contribution in [-0.2, 0) is 19.1 Å². The number of carbonyl (C=O) groups excluding carboxylic acids is 2. The molecule has 0 fully saturated rings. The summed E-state index contributed by atoms with van der Waals surface area (Å²) in [5.41, 5.74) is 0. The van der Waals surface area contributed by atoms with E-state index in [-0.39, 0.29) is 38.2 Å². The summed E-state index contributed by atoms with van der Waals surface area (Å²) in [4.78, 5) is 24.4. The number of aliphatic hydroxyl groups is 1. The third-order valence-electron chi connectivity index (χ3n) is 1.91. The number of aliphatic hydroxyl groups excluding tert-OH is 1. The van der Waals surface area contributed by atoms with Gasteiger partial charge < -0.3 is 24.4 Å². The first-order valence-corrected chi connectivity index (χ1v) is 6.62. The minimum atomic E-state index is -0.0894. The molecular weight excluding hydrogens is 288 g/mol. The van der Waals surface area contributed by atoms with Crippen molar-refractivity contribution in [1.29, 1.82) is 0 Å². The van der Waals surface area contributed by atoms with Crippen molar-refractivity contribution in [2.24, 2.45) is 0 Å². The van der Waals surface area contributed by atoms with Crippen molar-refractivity contribution in [3.63, 3.8) is 0 Å². The molecule has 0 spiro atoms. The van der Waals surface area contributed by atoms with Crippen LogP contribution in [0.5, 0.6) is 0 Å². The van der Waals surface area contributed by atoms with Gasteiger partial charge in [0.1, 0.15) is 13.2 Å². The third kappa shape index (κ3) is 15.2. The normalized spacial score (nSPS) is 9.50. The van der Waals surface area contributed by atoms with Crippen molar-refractivity contribution >= 4 is 23.4 Å². The monoisotopic (exact) mass is 312 g/mol. The standard InChI is InChI=1S/C6H12ClNO2.C6H13NO3/c1-8(2)6(9)5-10-4-3-7;1-7(2)6(9)5-10-4-3-8/h3-5H2,1-2H3;8H,3-5H2,1-2H3. The lowest BCUT2D eigenvalue weighted by Gasteiger charge is -2.09. The van der Waals surface area contributed by atoms with E-state index in [0.29, 0.717) is 12.5 Å². The number of carbonyl (C=O) groups is 2. The summed E-state index contributed by atoms with van der Waals surface area (Å²) < 4.78 is 9.65. The van der Waals surface area contributed by atoms with Gasteiger partial charge in [0.15, 0.2) is 0 Å². The van der Waals surface area contributed by atoms with Gasteiger partial charge in [-0.2, -0.15) is 0 Å². The zero-order valence-electron chi connectivity index (χ0n) is 12.6. The molecule has 0 aliphatic heterocycles. The molecule has 8 heteroatoms. The molecule has 20 heavy (non-hydrogen) atoms. The van der Waals surface area contributed by atoms with E-state index in [4.69, 9.17) is 26.2 Å². The predicted octanol–water partition coefficient (Wildman–Crippen LogP) is -0.586. The highest BCUT2D eigenvalue weighted by Crippen LogP contribution is 1.83. The van der Waals surface area contributed by atoms with Crippen LogP contribution in [0.25, 0.3) is 0 Å². The van der Waals surface area contributed by atoms with Crippen molar-refractivity contribution in [2.45, 2.75) is 0 Å². The number of likely N-dealkylation sites (N-methyl/N-ethyl adjacent to an activating group) is 2. The molecule has 7 nitrogen and oxygen atoms in total. The Bertz CT molecular complexity index is 236. The van der Waals surface area contributed by atoms with Crippen LogP contribution in [0.3, 0.4) is 0 Å². The van der Waals surface area contributed by atoms with E-state index in [1.54, 1.807) is 28.2 Å². The largest absolute Gasteiger partial charge is 0.394 e. The molecule has 0 heterocycles. The summed E-state index contributed by atoms with van der Waals surface area (Å²) in [7, 11) is 6.69. The summed E-state index contributed by atoms with van der Waals surface area (Å²) in [6.07, 6.45) is 0. The second-order valence-electron chi connectivity index (χ2n) is 4.09. The molecule has 0 saturated carbocycles. The van der Waals surface area contributed by atoms with Crippen molar-refractivity contribution in [1.82, 2.24) is 9.80 Å². The highest BCUT2D eigenvalue weighted by atomic mass is 35.5. The number of nitrogens with zero attached hydrogens (tertiary/aromatic N) is 2. The molecule has 0 radical (unpaired) electrons. The molecule has 120 valence electrons. The van der Waals surface area contributed by atoms with Gasteiger partial charge >= 0.3 is 0 Å². The first-order chi connectivity index (χ1) is 9.36. The summed E-state index contributed by atoms with van der Waals surface area (Å²) in [6, 6.07) is 0. The van der Waals surface area contributed by atoms with E-state index in [0.717, 1.165) is 0 Å². The number of amides is 2. The molecule has 0 atom stereocenters. The van der Waals surface area contributed by atoms with Crippen LogP contribution in [0.4, 0.5) is 0 Å². The second-order valence-corrected chi connectivity index (χ2v) is 4.47. The van der Waals surface area contributed by atoms with E-state index in [9.17, 15) is 9.59 Å². The molecular formula is C12H25ClN2O5. The highest BCUT2D eigenvalue weighted by molar-refractivity contribution is 6.17. The molecule has 1 N–H and O–H groups in total. The number of hydrogen-bond donors (Lipinski definition) is 1. The fourth-order valence-electron chi connectivity index (χ4n) is 0.696. The maximum atomic E-state index is 10.8. The van der Waals surface area contributed by atoms with Gasteiger partial charge in [0, 0.05) is 34.1 Å². The Morgan fingerprint density at radius 2 is 1.35 bits per heavy atom. The van der Waals surface area contributed by atoms with Crippen LogP contribution in [0, 0.1) is 0 Å². The lowest BCUT2D eigenvalue weighted by molar-refractivity contribution is -0.134. The molecule has 0 saturated heterocycles. The molecule has 0 rings (SSSR count). The van der Waals surface area contributed by atoms with Crippen molar-refractivity contribution in [2.75, 3.05) is 67.1 Å². The van der Waals surface area contributed by atoms with E-state index in [2.05, 4.69) is 0 Å². The lowest BCUT2D eigenvalue weighted by Crippen LogP contribution is -2.26. The Balaban J connectivity index is 0. The highest BCUT2D eigenvalue weighted by Gasteiger charge is 2.02. The number of halogens is 1. The molecule has 0 aliphatic carbocycles. The van der Waals surface area contributed by atoms with Gasteiger partial charge in [-0.15, -0.1) is 11.6 Å². The van der Waals surface area contributed by atoms with Gasteiger partial charge in [0.25, 0.3) is 0 Å². The van der Waals surface area contributed by atoms with Crippen LogP contribution in [0.1, 0.15) is 0 Å². The van der Waals surface area contributed by atoms with Crippen molar-refractivity contribution < 1.29 is 24.2 Å². The molecule has 0 aromatic heterocycles. The first-order valence-electron chi connectivity index (χ1n) is 6.09. The zero-order valence-corrected chi connectivity index (χ0v) is 13.4. The van der Waals surface area contributed by atoms with E-state index < -0.39 is 0 Å². The summed E-state index contributed by atoms with van der Waals surface area (Å²) in [5.74, 6) is 0.305. The average molecular weight is 313 g/mol. The van der Waals surface area contributed by atoms with Crippen LogP contribution in [0.15, 0.2) is 0 Å². The molecule has 0 bridgehead atoms. The smallest absolute Gasteiger partial charge is 0.248 e. The molecule has 0 aromatic carbocycles. The molecule has 0 aromatic rings. The Hall–Kier alpha value is -0.890. The predicted molar refractivity (Wildman–Crippen MR) is 76.8 cm³/mol. The van der Waals surface area contributed by atoms with Gasteiger partial charge in [0.2, 0.25) is 11.8 Å². The summed E-state index contributed by atoms with van der Waals surface area (Å²) in [5, 5.41) is 8.27. The number of ether oxygens (including phenoxy) is 2. The molecule has 0 aliphatic rings. The molecule has 2 amide bonds. The second kappa shape index (κ2) is 14.5. The Kier molecular flexibility index (Phi) is 15.5. The van der Waals surface area contributed by atoms with E-state index in [1.807, 2.05) is 0 Å². The van der Waals surface area contributed by atoms with Gasteiger partial charge in [-0.05, 0) is 0 Å². The maximum absolute atomic E-state index is 10.8. The fourth-order valence-corrected chi connectivity index (χ4v) is 0.805. The van der Waals surface area contributed by atoms with Crippen LogP contribution < -0.4 is 0 Å². The lowest BCUT2D eigenvalue weighted by atomic mass is 10.6. The van der Waals surface area contributed by atoms with Crippen LogP contribution >= 0.6 is 11.6 Å². The van der Waals surface area contributed by atoms with Gasteiger partial charge in [-0.1, -0.05) is 0 Å². The number of alkyl halides is 1. The van der Waals surface area contributed by atoms with Crippen LogP contribution in [0.2, 0.25) is 0 Å².